The fraction of sp³-hybridized carbons (Fsp3) is 0.500. The predicted molar refractivity (Wildman–Crippen MR) is 124 cm³/mol. The van der Waals surface area contributed by atoms with E-state index in [9.17, 15) is 9.59 Å². The van der Waals surface area contributed by atoms with Crippen molar-refractivity contribution in [3.05, 3.63) is 48.8 Å². The van der Waals surface area contributed by atoms with E-state index in [1.54, 1.807) is 12.4 Å². The van der Waals surface area contributed by atoms with Gasteiger partial charge in [0.1, 0.15) is 11.6 Å². The van der Waals surface area contributed by atoms with Crippen molar-refractivity contribution in [1.82, 2.24) is 9.97 Å². The molecule has 0 aromatic carbocycles. The van der Waals surface area contributed by atoms with Crippen molar-refractivity contribution in [2.24, 2.45) is 17.6 Å². The van der Waals surface area contributed by atoms with Gasteiger partial charge in [0, 0.05) is 30.4 Å². The number of nitrogens with one attached hydrogen (secondary N) is 2. The minimum atomic E-state index is -0.656. The highest BCUT2D eigenvalue weighted by molar-refractivity contribution is 5.76. The molecule has 8 nitrogen and oxygen atoms in total. The number of carbonyl (C=O) groups is 2. The average Bonchev–Trinajstić information content (AvgIpc) is 2.82. The molecule has 0 spiro atoms. The maximum Gasteiger partial charge on any atom is 0.306 e. The molecule has 0 aliphatic heterocycles. The van der Waals surface area contributed by atoms with Gasteiger partial charge < -0.3 is 21.5 Å². The van der Waals surface area contributed by atoms with Crippen LogP contribution in [0.2, 0.25) is 0 Å². The summed E-state index contributed by atoms with van der Waals surface area (Å²) in [4.78, 5) is 30.2. The predicted octanol–water partition coefficient (Wildman–Crippen LogP) is 3.67. The van der Waals surface area contributed by atoms with E-state index >= 15 is 0 Å². The van der Waals surface area contributed by atoms with Crippen LogP contribution in [-0.4, -0.2) is 39.0 Å². The third kappa shape index (κ3) is 7.51. The third-order valence-corrected chi connectivity index (χ3v) is 6.24. The van der Waals surface area contributed by atoms with E-state index in [1.165, 1.54) is 0 Å². The van der Waals surface area contributed by atoms with Gasteiger partial charge in [0.15, 0.2) is 0 Å². The molecular formula is C24H33N5O3. The first kappa shape index (κ1) is 23.5. The number of rotatable bonds is 6. The second-order valence-corrected chi connectivity index (χ2v) is 8.56. The lowest BCUT2D eigenvalue weighted by molar-refractivity contribution is -0.142. The van der Waals surface area contributed by atoms with Crippen molar-refractivity contribution in [3.63, 3.8) is 0 Å². The van der Waals surface area contributed by atoms with Crippen LogP contribution in [0.4, 0.5) is 11.6 Å². The summed E-state index contributed by atoms with van der Waals surface area (Å²) < 4.78 is 0. The highest BCUT2D eigenvalue weighted by Crippen LogP contribution is 2.27. The summed E-state index contributed by atoms with van der Waals surface area (Å²) in [5.41, 5.74) is 5.29. The summed E-state index contributed by atoms with van der Waals surface area (Å²) in [7, 11) is 0. The van der Waals surface area contributed by atoms with Crippen LogP contribution in [0.25, 0.3) is 0 Å². The van der Waals surface area contributed by atoms with Gasteiger partial charge in [-0.05, 0) is 75.6 Å². The van der Waals surface area contributed by atoms with E-state index < -0.39 is 5.97 Å². The van der Waals surface area contributed by atoms with E-state index in [0.717, 1.165) is 63.0 Å². The molecule has 2 aromatic rings. The molecule has 8 heteroatoms. The number of primary amides is 1. The SMILES string of the molecule is NC(=O)[C@H]1CC[C@@H](Nc2ccccn2)CC1.O=C(O)[C@H]1CC[C@@H](Nc2ccccn2)CC1. The number of aliphatic carboxylic acids is 1. The van der Waals surface area contributed by atoms with Crippen LogP contribution in [0.1, 0.15) is 51.4 Å². The second-order valence-electron chi connectivity index (χ2n) is 8.56. The fourth-order valence-electron chi connectivity index (χ4n) is 4.32. The van der Waals surface area contributed by atoms with Crippen molar-refractivity contribution in [2.75, 3.05) is 10.6 Å². The first-order chi connectivity index (χ1) is 15.5. The summed E-state index contributed by atoms with van der Waals surface area (Å²) in [6.45, 7) is 0. The highest BCUT2D eigenvalue weighted by atomic mass is 16.4. The molecule has 0 radical (unpaired) electrons. The van der Waals surface area contributed by atoms with Gasteiger partial charge >= 0.3 is 5.97 Å². The Bertz CT molecular complexity index is 762. The van der Waals surface area contributed by atoms with E-state index in [0.29, 0.717) is 12.1 Å². The molecule has 2 aromatic heterocycles. The van der Waals surface area contributed by atoms with Crippen molar-refractivity contribution >= 4 is 23.5 Å². The molecular weight excluding hydrogens is 406 g/mol. The Balaban J connectivity index is 0.000000181. The van der Waals surface area contributed by atoms with E-state index in [1.807, 2.05) is 36.4 Å². The number of nitrogens with two attached hydrogens (primary N) is 1. The van der Waals surface area contributed by atoms with Crippen LogP contribution >= 0.6 is 0 Å². The van der Waals surface area contributed by atoms with Gasteiger partial charge in [-0.15, -0.1) is 0 Å². The lowest BCUT2D eigenvalue weighted by atomic mass is 9.85. The second kappa shape index (κ2) is 12.0. The summed E-state index contributed by atoms with van der Waals surface area (Å²) in [6.07, 6.45) is 10.6. The Morgan fingerprint density at radius 1 is 0.750 bits per heavy atom. The van der Waals surface area contributed by atoms with Gasteiger partial charge in [-0.1, -0.05) is 12.1 Å². The normalized spacial score (nSPS) is 25.0. The number of hydrogen-bond donors (Lipinski definition) is 4. The van der Waals surface area contributed by atoms with Crippen LogP contribution in [-0.2, 0) is 9.59 Å². The number of hydrogen-bond acceptors (Lipinski definition) is 6. The number of carboxylic acids is 1. The molecule has 32 heavy (non-hydrogen) atoms. The van der Waals surface area contributed by atoms with Gasteiger partial charge in [-0.2, -0.15) is 0 Å². The molecule has 0 saturated heterocycles. The minimum Gasteiger partial charge on any atom is -0.481 e. The molecule has 2 aliphatic carbocycles. The number of amides is 1. The summed E-state index contributed by atoms with van der Waals surface area (Å²) >= 11 is 0. The molecule has 5 N–H and O–H groups in total. The Labute approximate surface area is 189 Å². The zero-order valence-corrected chi connectivity index (χ0v) is 18.3. The lowest BCUT2D eigenvalue weighted by Gasteiger charge is -2.27. The number of carboxylic acid groups (broad SMARTS) is 1. The van der Waals surface area contributed by atoms with Crippen LogP contribution in [0.3, 0.4) is 0 Å². The third-order valence-electron chi connectivity index (χ3n) is 6.24. The van der Waals surface area contributed by atoms with E-state index in [4.69, 9.17) is 10.8 Å². The molecule has 0 unspecified atom stereocenters. The monoisotopic (exact) mass is 439 g/mol. The number of pyridine rings is 2. The van der Waals surface area contributed by atoms with Crippen molar-refractivity contribution in [2.45, 2.75) is 63.5 Å². The first-order valence-corrected chi connectivity index (χ1v) is 11.4. The van der Waals surface area contributed by atoms with Crippen LogP contribution < -0.4 is 16.4 Å². The molecule has 0 atom stereocenters. The summed E-state index contributed by atoms with van der Waals surface area (Å²) in [5.74, 6) is 0.891. The zero-order chi connectivity index (χ0) is 22.8. The van der Waals surface area contributed by atoms with Gasteiger partial charge in [-0.25, -0.2) is 9.97 Å². The summed E-state index contributed by atoms with van der Waals surface area (Å²) in [5, 5.41) is 15.6. The molecule has 2 fully saturated rings. The molecule has 1 amide bonds. The molecule has 2 aliphatic rings. The molecule has 172 valence electrons. The zero-order valence-electron chi connectivity index (χ0n) is 18.3. The van der Waals surface area contributed by atoms with Crippen LogP contribution in [0.5, 0.6) is 0 Å². The van der Waals surface area contributed by atoms with Gasteiger partial charge in [0.2, 0.25) is 5.91 Å². The molecule has 4 rings (SSSR count). The smallest absolute Gasteiger partial charge is 0.306 e. The van der Waals surface area contributed by atoms with Crippen molar-refractivity contribution in [1.29, 1.82) is 0 Å². The average molecular weight is 440 g/mol. The Hall–Kier alpha value is -3.16. The first-order valence-electron chi connectivity index (χ1n) is 11.4. The fourth-order valence-corrected chi connectivity index (χ4v) is 4.32. The van der Waals surface area contributed by atoms with Gasteiger partial charge in [-0.3, -0.25) is 9.59 Å². The largest absolute Gasteiger partial charge is 0.481 e. The number of carbonyl (C=O) groups excluding carboxylic acids is 1. The van der Waals surface area contributed by atoms with Gasteiger partial charge in [0.05, 0.1) is 5.92 Å². The highest BCUT2D eigenvalue weighted by Gasteiger charge is 2.26. The molecule has 2 saturated carbocycles. The number of anilines is 2. The van der Waals surface area contributed by atoms with E-state index in [-0.39, 0.29) is 17.7 Å². The Morgan fingerprint density at radius 3 is 1.53 bits per heavy atom. The minimum absolute atomic E-state index is 0.0711. The van der Waals surface area contributed by atoms with Crippen LogP contribution in [0.15, 0.2) is 48.8 Å². The quantitative estimate of drug-likeness (QED) is 0.540. The number of aromatic nitrogens is 2. The molecule has 2 heterocycles. The van der Waals surface area contributed by atoms with Crippen LogP contribution in [0, 0.1) is 11.8 Å². The van der Waals surface area contributed by atoms with Crippen molar-refractivity contribution < 1.29 is 14.7 Å². The molecule has 0 bridgehead atoms. The van der Waals surface area contributed by atoms with E-state index in [2.05, 4.69) is 20.6 Å². The maximum absolute atomic E-state index is 11.0. The topological polar surface area (TPSA) is 130 Å². The maximum atomic E-state index is 11.0. The number of nitrogens with zero attached hydrogens (tertiary/aromatic N) is 2. The standard InChI is InChI=1S/C12H17N3O.C12H16N2O2/c13-12(16)9-4-6-10(7-5-9)15-11-3-1-2-8-14-11;15-12(16)9-4-6-10(7-5-9)14-11-3-1-2-8-13-11/h1-3,8-10H,4-7H2,(H2,13,16)(H,14,15);1-3,8-10H,4-7H2,(H,13,14)(H,15,16)/t2*9-,10+. The Kier molecular flexibility index (Phi) is 8.83. The lowest BCUT2D eigenvalue weighted by Crippen LogP contribution is -2.32. The summed E-state index contributed by atoms with van der Waals surface area (Å²) in [6, 6.07) is 12.4. The van der Waals surface area contributed by atoms with Gasteiger partial charge in [0.25, 0.3) is 0 Å². The Morgan fingerprint density at radius 2 is 1.19 bits per heavy atom. The van der Waals surface area contributed by atoms with Crippen molar-refractivity contribution in [3.8, 4) is 0 Å².